The van der Waals surface area contributed by atoms with E-state index in [1.54, 1.807) is 39.1 Å². The summed E-state index contributed by atoms with van der Waals surface area (Å²) in [5, 5.41) is 2.89. The lowest BCUT2D eigenvalue weighted by molar-refractivity contribution is 0.250. The Hall–Kier alpha value is -2.98. The highest BCUT2D eigenvalue weighted by Gasteiger charge is 2.30. The summed E-state index contributed by atoms with van der Waals surface area (Å²) in [4.78, 5) is 10.9. The van der Waals surface area contributed by atoms with Gasteiger partial charge in [0.15, 0.2) is 9.84 Å². The molecule has 0 amide bonds. The second kappa shape index (κ2) is 11.3. The Bertz CT molecular complexity index is 1440. The van der Waals surface area contributed by atoms with E-state index in [0.717, 1.165) is 18.7 Å². The minimum Gasteiger partial charge on any atom is -0.324 e. The second-order valence-corrected chi connectivity index (χ2v) is 14.1. The number of halogens is 3. The molecule has 1 aliphatic heterocycles. The van der Waals surface area contributed by atoms with Crippen molar-refractivity contribution in [3.05, 3.63) is 81.9 Å². The van der Waals surface area contributed by atoms with E-state index in [4.69, 9.17) is 0 Å². The van der Waals surface area contributed by atoms with E-state index < -0.39 is 37.8 Å². The van der Waals surface area contributed by atoms with Crippen LogP contribution in [0.25, 0.3) is 0 Å². The molecule has 0 saturated carbocycles. The fourth-order valence-electron chi connectivity index (χ4n) is 4.65. The van der Waals surface area contributed by atoms with Gasteiger partial charge in [-0.05, 0) is 95.9 Å². The number of benzene rings is 2. The van der Waals surface area contributed by atoms with Crippen molar-refractivity contribution in [3.8, 4) is 0 Å². The number of likely N-dealkylation sites (tertiary alicyclic amines) is 1. The molecule has 0 unspecified atom stereocenters. The van der Waals surface area contributed by atoms with Crippen molar-refractivity contribution in [2.24, 2.45) is 0 Å². The fourth-order valence-corrected chi connectivity index (χ4v) is 5.72. The molecule has 6 nitrogen and oxygen atoms in total. The minimum absolute atomic E-state index is 0.100. The van der Waals surface area contributed by atoms with Crippen molar-refractivity contribution in [1.82, 2.24) is 14.9 Å². The Labute approximate surface area is 228 Å². The maximum absolute atomic E-state index is 15.0. The van der Waals surface area contributed by atoms with Crippen molar-refractivity contribution in [3.63, 3.8) is 0 Å². The molecule has 0 spiro atoms. The molecule has 10 heteroatoms. The van der Waals surface area contributed by atoms with Gasteiger partial charge in [0.05, 0.1) is 16.2 Å². The second-order valence-electron chi connectivity index (χ2n) is 11.4. The predicted octanol–water partition coefficient (Wildman–Crippen LogP) is 6.06. The number of hydrogen-bond acceptors (Lipinski definition) is 6. The molecule has 210 valence electrons. The van der Waals surface area contributed by atoms with Gasteiger partial charge in [-0.15, -0.1) is 0 Å². The van der Waals surface area contributed by atoms with Gasteiger partial charge in [0.2, 0.25) is 5.95 Å². The SMILES string of the molecule is Cc1cnc(Nc2cc(F)c(C3CCN(C)CC3)c(F)c2)nc1Cc1ccc(F)c(CS(=O)(=O)C(C)(C)C)c1. The van der Waals surface area contributed by atoms with E-state index in [1.807, 2.05) is 14.0 Å². The van der Waals surface area contributed by atoms with E-state index in [0.29, 0.717) is 30.5 Å². The molecular weight excluding hydrogens is 525 g/mol. The largest absolute Gasteiger partial charge is 0.324 e. The van der Waals surface area contributed by atoms with E-state index >= 15 is 0 Å². The molecule has 0 atom stereocenters. The Morgan fingerprint density at radius 2 is 1.67 bits per heavy atom. The van der Waals surface area contributed by atoms with Crippen LogP contribution in [0.1, 0.15) is 67.5 Å². The van der Waals surface area contributed by atoms with Crippen LogP contribution in [0.15, 0.2) is 36.5 Å². The number of nitrogens with one attached hydrogen (secondary N) is 1. The molecule has 1 fully saturated rings. The molecule has 2 aromatic carbocycles. The zero-order chi connectivity index (χ0) is 28.5. The minimum atomic E-state index is -3.57. The van der Waals surface area contributed by atoms with E-state index in [9.17, 15) is 21.6 Å². The number of nitrogens with zero attached hydrogens (tertiary/aromatic N) is 3. The highest BCUT2D eigenvalue weighted by molar-refractivity contribution is 7.91. The van der Waals surface area contributed by atoms with E-state index in [2.05, 4.69) is 20.2 Å². The summed E-state index contributed by atoms with van der Waals surface area (Å²) in [6, 6.07) is 6.92. The van der Waals surface area contributed by atoms with Gasteiger partial charge >= 0.3 is 0 Å². The standard InChI is InChI=1S/C29H35F3N4O2S/c1-18-16-33-28(34-22-14-24(31)27(25(32)15-22)20-8-10-36(5)11-9-20)35-26(18)13-19-6-7-23(30)21(12-19)17-39(37,38)29(2,3)4/h6-7,12,14-16,20H,8-11,13,17H2,1-5H3,(H,33,34,35). The topological polar surface area (TPSA) is 75.2 Å². The molecule has 3 aromatic rings. The normalized spacial score (nSPS) is 15.5. The van der Waals surface area contributed by atoms with Crippen LogP contribution in [0.4, 0.5) is 24.8 Å². The lowest BCUT2D eigenvalue weighted by Gasteiger charge is -2.29. The van der Waals surface area contributed by atoms with Gasteiger partial charge in [-0.2, -0.15) is 0 Å². The van der Waals surface area contributed by atoms with Crippen molar-refractivity contribution in [2.75, 3.05) is 25.5 Å². The number of hydrogen-bond donors (Lipinski definition) is 1. The molecule has 1 aliphatic rings. The van der Waals surface area contributed by atoms with Gasteiger partial charge in [-0.25, -0.2) is 31.6 Å². The number of aromatic nitrogens is 2. The van der Waals surface area contributed by atoms with Crippen LogP contribution in [0.3, 0.4) is 0 Å². The molecule has 39 heavy (non-hydrogen) atoms. The van der Waals surface area contributed by atoms with Crippen LogP contribution >= 0.6 is 0 Å². The first kappa shape index (κ1) is 29.0. The predicted molar refractivity (Wildman–Crippen MR) is 147 cm³/mol. The van der Waals surface area contributed by atoms with Gasteiger partial charge in [0, 0.05) is 29.4 Å². The Balaban J connectivity index is 1.54. The highest BCUT2D eigenvalue weighted by atomic mass is 32.2. The Morgan fingerprint density at radius 3 is 2.28 bits per heavy atom. The van der Waals surface area contributed by atoms with Crippen LogP contribution in [-0.2, 0) is 22.0 Å². The summed E-state index contributed by atoms with van der Waals surface area (Å²) in [5.41, 5.74) is 2.50. The third-order valence-corrected chi connectivity index (χ3v) is 9.86. The van der Waals surface area contributed by atoms with Crippen molar-refractivity contribution in [1.29, 1.82) is 0 Å². The third-order valence-electron chi connectivity index (χ3n) is 7.30. The molecule has 0 bridgehead atoms. The molecule has 0 radical (unpaired) electrons. The molecule has 1 N–H and O–H groups in total. The zero-order valence-corrected chi connectivity index (χ0v) is 23.8. The van der Waals surface area contributed by atoms with Crippen LogP contribution in [0.5, 0.6) is 0 Å². The zero-order valence-electron chi connectivity index (χ0n) is 23.0. The van der Waals surface area contributed by atoms with Gasteiger partial charge in [-0.3, -0.25) is 0 Å². The van der Waals surface area contributed by atoms with E-state index in [1.165, 1.54) is 18.2 Å². The smallest absolute Gasteiger partial charge is 0.227 e. The first-order chi connectivity index (χ1) is 18.2. The Morgan fingerprint density at radius 1 is 1.03 bits per heavy atom. The summed E-state index contributed by atoms with van der Waals surface area (Å²) < 4.78 is 68.7. The number of piperidine rings is 1. The van der Waals surface area contributed by atoms with Gasteiger partial charge in [0.1, 0.15) is 17.5 Å². The Kier molecular flexibility index (Phi) is 8.37. The average molecular weight is 561 g/mol. The average Bonchev–Trinajstić information content (AvgIpc) is 2.83. The van der Waals surface area contributed by atoms with Gasteiger partial charge in [0.25, 0.3) is 0 Å². The summed E-state index contributed by atoms with van der Waals surface area (Å²) in [7, 11) is -1.57. The molecule has 0 aliphatic carbocycles. The van der Waals surface area contributed by atoms with Crippen LogP contribution in [0, 0.1) is 24.4 Å². The number of sulfone groups is 1. The summed E-state index contributed by atoms with van der Waals surface area (Å²) in [6.07, 6.45) is 3.30. The summed E-state index contributed by atoms with van der Waals surface area (Å²) in [5.74, 6) is -2.17. The summed E-state index contributed by atoms with van der Waals surface area (Å²) in [6.45, 7) is 8.18. The number of aryl methyl sites for hydroxylation is 1. The van der Waals surface area contributed by atoms with Crippen molar-refractivity contribution < 1.29 is 21.6 Å². The quantitative estimate of drug-likeness (QED) is 0.379. The monoisotopic (exact) mass is 560 g/mol. The van der Waals surface area contributed by atoms with Crippen LogP contribution < -0.4 is 5.32 Å². The van der Waals surface area contributed by atoms with Gasteiger partial charge in [-0.1, -0.05) is 12.1 Å². The van der Waals surface area contributed by atoms with Crippen molar-refractivity contribution in [2.45, 2.75) is 63.4 Å². The highest BCUT2D eigenvalue weighted by Crippen LogP contribution is 2.33. The summed E-state index contributed by atoms with van der Waals surface area (Å²) >= 11 is 0. The van der Waals surface area contributed by atoms with E-state index in [-0.39, 0.29) is 28.7 Å². The lowest BCUT2D eigenvalue weighted by atomic mass is 9.88. The van der Waals surface area contributed by atoms with Crippen molar-refractivity contribution >= 4 is 21.5 Å². The number of anilines is 2. The van der Waals surface area contributed by atoms with Gasteiger partial charge < -0.3 is 10.2 Å². The van der Waals surface area contributed by atoms with Crippen LogP contribution in [-0.4, -0.2) is 48.2 Å². The molecule has 1 aromatic heterocycles. The molecule has 4 rings (SSSR count). The first-order valence-electron chi connectivity index (χ1n) is 13.0. The molecule has 2 heterocycles. The maximum Gasteiger partial charge on any atom is 0.227 e. The molecule has 1 saturated heterocycles. The lowest BCUT2D eigenvalue weighted by Crippen LogP contribution is -2.30. The third kappa shape index (κ3) is 6.78. The first-order valence-corrected chi connectivity index (χ1v) is 14.7. The fraction of sp³-hybridized carbons (Fsp3) is 0.448. The molecular formula is C29H35F3N4O2S. The maximum atomic E-state index is 15.0. The van der Waals surface area contributed by atoms with Crippen LogP contribution in [0.2, 0.25) is 0 Å². The number of rotatable bonds is 7.